The highest BCUT2D eigenvalue weighted by Gasteiger charge is 2.22. The van der Waals surface area contributed by atoms with Crippen LogP contribution in [0.25, 0.3) is 10.9 Å². The Morgan fingerprint density at radius 3 is 2.68 bits per heavy atom. The summed E-state index contributed by atoms with van der Waals surface area (Å²) in [5.41, 5.74) is 2.37. The Bertz CT molecular complexity index is 579. The van der Waals surface area contributed by atoms with Crippen molar-refractivity contribution in [2.24, 2.45) is 0 Å². The Morgan fingerprint density at radius 2 is 2.11 bits per heavy atom. The van der Waals surface area contributed by atoms with E-state index < -0.39 is 0 Å². The van der Waals surface area contributed by atoms with Crippen molar-refractivity contribution in [1.82, 2.24) is 9.88 Å². The number of aromatic nitrogens is 1. The fourth-order valence-corrected chi connectivity index (χ4v) is 2.25. The number of hydrogen-bond acceptors (Lipinski definition) is 1. The summed E-state index contributed by atoms with van der Waals surface area (Å²) in [6, 6.07) is 9.94. The fraction of sp³-hybridized carbons (Fsp3) is 0.312. The molecule has 0 saturated heterocycles. The number of aromatic amines is 1. The van der Waals surface area contributed by atoms with Crippen LogP contribution < -0.4 is 0 Å². The van der Waals surface area contributed by atoms with Crippen LogP contribution in [0.1, 0.15) is 37.7 Å². The monoisotopic (exact) mass is 256 g/mol. The molecule has 1 atom stereocenters. The quantitative estimate of drug-likeness (QED) is 0.883. The van der Waals surface area contributed by atoms with Gasteiger partial charge in [0.1, 0.15) is 5.69 Å². The van der Waals surface area contributed by atoms with Gasteiger partial charge in [0.15, 0.2) is 0 Å². The van der Waals surface area contributed by atoms with Crippen LogP contribution in [0, 0.1) is 0 Å². The zero-order chi connectivity index (χ0) is 14.0. The number of hydrogen-bond donors (Lipinski definition) is 1. The van der Waals surface area contributed by atoms with Crippen molar-refractivity contribution in [3.8, 4) is 0 Å². The molecule has 2 rings (SSSR count). The molecule has 0 saturated carbocycles. The number of H-pyrrole nitrogens is 1. The molecule has 0 bridgehead atoms. The average molecular weight is 256 g/mol. The van der Waals surface area contributed by atoms with Gasteiger partial charge in [-0.05, 0) is 32.4 Å². The van der Waals surface area contributed by atoms with Crippen molar-refractivity contribution in [2.75, 3.05) is 0 Å². The first kappa shape index (κ1) is 13.4. The lowest BCUT2D eigenvalue weighted by Gasteiger charge is -2.28. The first-order valence-corrected chi connectivity index (χ1v) is 6.61. The highest BCUT2D eigenvalue weighted by molar-refractivity contribution is 5.98. The second-order valence-corrected chi connectivity index (χ2v) is 4.94. The lowest BCUT2D eigenvalue weighted by Crippen LogP contribution is -2.36. The third-order valence-corrected chi connectivity index (χ3v) is 3.42. The number of amides is 1. The van der Waals surface area contributed by atoms with Crippen LogP contribution in [0.3, 0.4) is 0 Å². The Balaban J connectivity index is 2.38. The Kier molecular flexibility index (Phi) is 3.74. The minimum Gasteiger partial charge on any atom is -0.351 e. The number of carbonyl (C=O) groups excluding carboxylic acids is 1. The van der Waals surface area contributed by atoms with Gasteiger partial charge in [-0.25, -0.2) is 0 Å². The van der Waals surface area contributed by atoms with Crippen LogP contribution in [0.4, 0.5) is 0 Å². The maximum atomic E-state index is 12.6. The zero-order valence-corrected chi connectivity index (χ0v) is 11.7. The number of rotatable bonds is 4. The molecule has 1 aromatic carbocycles. The van der Waals surface area contributed by atoms with Crippen molar-refractivity contribution < 1.29 is 4.79 Å². The molecule has 0 aliphatic carbocycles. The Morgan fingerprint density at radius 1 is 1.42 bits per heavy atom. The van der Waals surface area contributed by atoms with E-state index in [9.17, 15) is 4.79 Å². The van der Waals surface area contributed by atoms with E-state index >= 15 is 0 Å². The summed E-state index contributed by atoms with van der Waals surface area (Å²) in [6.07, 6.45) is 0.902. The molecule has 0 aliphatic heterocycles. The molecule has 0 radical (unpaired) electrons. The van der Waals surface area contributed by atoms with Crippen LogP contribution >= 0.6 is 0 Å². The van der Waals surface area contributed by atoms with E-state index in [2.05, 4.69) is 18.5 Å². The lowest BCUT2D eigenvalue weighted by atomic mass is 10.2. The normalized spacial score (nSPS) is 12.4. The first-order chi connectivity index (χ1) is 9.04. The lowest BCUT2D eigenvalue weighted by molar-refractivity contribution is 0.0751. The number of fused-ring (bicyclic) bond motifs is 1. The van der Waals surface area contributed by atoms with E-state index in [1.807, 2.05) is 44.2 Å². The molecule has 0 aliphatic rings. The summed E-state index contributed by atoms with van der Waals surface area (Å²) in [7, 11) is 0. The molecule has 3 heteroatoms. The SMILES string of the molecule is C=C(C)N(C(=O)c1cc2ccccc2[nH]1)C(C)CC. The van der Waals surface area contributed by atoms with E-state index in [1.165, 1.54) is 0 Å². The van der Waals surface area contributed by atoms with Crippen molar-refractivity contribution >= 4 is 16.8 Å². The van der Waals surface area contributed by atoms with Gasteiger partial charge in [-0.2, -0.15) is 0 Å². The summed E-state index contributed by atoms with van der Waals surface area (Å²) in [6.45, 7) is 9.89. The molecule has 0 fully saturated rings. The van der Waals surface area contributed by atoms with Crippen molar-refractivity contribution in [3.63, 3.8) is 0 Å². The van der Waals surface area contributed by atoms with Crippen LogP contribution in [0.5, 0.6) is 0 Å². The predicted octanol–water partition coefficient (Wildman–Crippen LogP) is 3.94. The smallest absolute Gasteiger partial charge is 0.274 e. The summed E-state index contributed by atoms with van der Waals surface area (Å²) in [5, 5.41) is 1.05. The predicted molar refractivity (Wildman–Crippen MR) is 79.0 cm³/mol. The van der Waals surface area contributed by atoms with Gasteiger partial charge in [-0.15, -0.1) is 0 Å². The van der Waals surface area contributed by atoms with Gasteiger partial charge in [0.05, 0.1) is 0 Å². The largest absolute Gasteiger partial charge is 0.351 e. The summed E-state index contributed by atoms with van der Waals surface area (Å²) < 4.78 is 0. The maximum Gasteiger partial charge on any atom is 0.274 e. The number of nitrogens with zero attached hydrogens (tertiary/aromatic N) is 1. The summed E-state index contributed by atoms with van der Waals surface area (Å²) in [5.74, 6) is -0.0157. The third-order valence-electron chi connectivity index (χ3n) is 3.42. The second kappa shape index (κ2) is 5.31. The molecule has 1 amide bonds. The van der Waals surface area contributed by atoms with E-state index in [0.717, 1.165) is 23.0 Å². The molecule has 2 aromatic rings. The van der Waals surface area contributed by atoms with Gasteiger partial charge in [0, 0.05) is 22.6 Å². The summed E-state index contributed by atoms with van der Waals surface area (Å²) >= 11 is 0. The third kappa shape index (κ3) is 2.55. The van der Waals surface area contributed by atoms with E-state index in [4.69, 9.17) is 0 Å². The van der Waals surface area contributed by atoms with E-state index in [1.54, 1.807) is 4.90 Å². The van der Waals surface area contributed by atoms with Crippen molar-refractivity contribution in [2.45, 2.75) is 33.2 Å². The van der Waals surface area contributed by atoms with Gasteiger partial charge in [0.25, 0.3) is 5.91 Å². The number of carbonyl (C=O) groups is 1. The molecule has 1 N–H and O–H groups in total. The number of para-hydroxylation sites is 1. The second-order valence-electron chi connectivity index (χ2n) is 4.94. The molecule has 19 heavy (non-hydrogen) atoms. The molecule has 0 spiro atoms. The first-order valence-electron chi connectivity index (χ1n) is 6.61. The minimum atomic E-state index is -0.0157. The van der Waals surface area contributed by atoms with Crippen LogP contribution in [0.15, 0.2) is 42.6 Å². The van der Waals surface area contributed by atoms with Crippen molar-refractivity contribution in [3.05, 3.63) is 48.3 Å². The van der Waals surface area contributed by atoms with Gasteiger partial charge < -0.3 is 9.88 Å². The van der Waals surface area contributed by atoms with Crippen LogP contribution in [-0.4, -0.2) is 21.8 Å². The highest BCUT2D eigenvalue weighted by atomic mass is 16.2. The van der Waals surface area contributed by atoms with E-state index in [0.29, 0.717) is 5.69 Å². The van der Waals surface area contributed by atoms with Gasteiger partial charge in [-0.1, -0.05) is 31.7 Å². The molecular weight excluding hydrogens is 236 g/mol. The van der Waals surface area contributed by atoms with Crippen molar-refractivity contribution in [1.29, 1.82) is 0 Å². The van der Waals surface area contributed by atoms with Gasteiger partial charge >= 0.3 is 0 Å². The van der Waals surface area contributed by atoms with Gasteiger partial charge in [0.2, 0.25) is 0 Å². The standard InChI is InChI=1S/C16H20N2O/c1-5-12(4)18(11(2)3)16(19)15-10-13-8-6-7-9-14(13)17-15/h6-10,12,17H,2,5H2,1,3-4H3. The number of benzene rings is 1. The van der Waals surface area contributed by atoms with Crippen LogP contribution in [0.2, 0.25) is 0 Å². The molecule has 1 aromatic heterocycles. The number of allylic oxidation sites excluding steroid dienone is 1. The zero-order valence-electron chi connectivity index (χ0n) is 11.7. The molecule has 1 heterocycles. The average Bonchev–Trinajstić information content (AvgIpc) is 2.81. The highest BCUT2D eigenvalue weighted by Crippen LogP contribution is 2.19. The minimum absolute atomic E-state index is 0.0157. The Hall–Kier alpha value is -2.03. The number of nitrogens with one attached hydrogen (secondary N) is 1. The molecule has 1 unspecified atom stereocenters. The van der Waals surface area contributed by atoms with Crippen LogP contribution in [-0.2, 0) is 0 Å². The molecule has 3 nitrogen and oxygen atoms in total. The van der Waals surface area contributed by atoms with Gasteiger partial charge in [-0.3, -0.25) is 4.79 Å². The Labute approximate surface area is 113 Å². The summed E-state index contributed by atoms with van der Waals surface area (Å²) in [4.78, 5) is 17.5. The fourth-order valence-electron chi connectivity index (χ4n) is 2.25. The maximum absolute atomic E-state index is 12.6. The topological polar surface area (TPSA) is 36.1 Å². The van der Waals surface area contributed by atoms with E-state index in [-0.39, 0.29) is 11.9 Å². The molecular formula is C16H20N2O. The molecule has 100 valence electrons.